The van der Waals surface area contributed by atoms with E-state index in [1.54, 1.807) is 24.3 Å². The second-order valence-corrected chi connectivity index (χ2v) is 5.81. The number of carbonyl (C=O) groups excluding carboxylic acids is 1. The van der Waals surface area contributed by atoms with Crippen molar-refractivity contribution in [2.75, 3.05) is 11.9 Å². The Morgan fingerprint density at radius 1 is 1.00 bits per heavy atom. The van der Waals surface area contributed by atoms with Gasteiger partial charge < -0.3 is 15.7 Å². The molecule has 3 N–H and O–H groups in total. The average molecular weight is 341 g/mol. The molecule has 0 saturated carbocycles. The number of carbonyl (C=O) groups is 1. The minimum Gasteiger partial charge on any atom is -0.387 e. The lowest BCUT2D eigenvalue weighted by Gasteiger charge is -2.15. The van der Waals surface area contributed by atoms with Crippen molar-refractivity contribution in [3.05, 3.63) is 77.3 Å². The van der Waals surface area contributed by atoms with Crippen LogP contribution in [-0.2, 0) is 0 Å². The van der Waals surface area contributed by atoms with E-state index in [-0.39, 0.29) is 6.54 Å². The largest absolute Gasteiger partial charge is 0.387 e. The number of halogens is 1. The molecule has 0 aliphatic heterocycles. The Morgan fingerprint density at radius 2 is 1.71 bits per heavy atom. The van der Waals surface area contributed by atoms with Crippen LogP contribution in [0.4, 0.5) is 10.5 Å². The Hall–Kier alpha value is -2.56. The van der Waals surface area contributed by atoms with Crippen molar-refractivity contribution in [3.63, 3.8) is 0 Å². The summed E-state index contributed by atoms with van der Waals surface area (Å²) >= 11 is 6.00. The minimum absolute atomic E-state index is 0.101. The standard InChI is InChI=1S/C19H17ClN2O2/c20-16-10-3-4-11-17(16)22-19(24)21-12-18(23)15-9-5-7-13-6-1-2-8-14(13)15/h1-11,18,23H,12H2,(H2,21,22,24). The SMILES string of the molecule is O=C(NCC(O)c1cccc2ccccc12)Nc1ccccc1Cl. The topological polar surface area (TPSA) is 61.4 Å². The van der Waals surface area contributed by atoms with Crippen LogP contribution in [0.3, 0.4) is 0 Å². The highest BCUT2D eigenvalue weighted by atomic mass is 35.5. The summed E-state index contributed by atoms with van der Waals surface area (Å²) in [6, 6.07) is 20.1. The van der Waals surface area contributed by atoms with Crippen LogP contribution in [0.5, 0.6) is 0 Å². The van der Waals surface area contributed by atoms with E-state index in [1.807, 2.05) is 42.5 Å². The first-order valence-corrected chi connectivity index (χ1v) is 7.98. The molecule has 0 saturated heterocycles. The zero-order chi connectivity index (χ0) is 16.9. The molecule has 0 heterocycles. The molecular formula is C19H17ClN2O2. The van der Waals surface area contributed by atoms with Crippen LogP contribution in [0.1, 0.15) is 11.7 Å². The van der Waals surface area contributed by atoms with Crippen LogP contribution in [0.15, 0.2) is 66.7 Å². The summed E-state index contributed by atoms with van der Waals surface area (Å²) in [6.07, 6.45) is -0.798. The first-order chi connectivity index (χ1) is 11.6. The molecule has 2 amide bonds. The van der Waals surface area contributed by atoms with Crippen molar-refractivity contribution in [1.29, 1.82) is 0 Å². The number of benzene rings is 3. The Morgan fingerprint density at radius 3 is 2.54 bits per heavy atom. The highest BCUT2D eigenvalue weighted by molar-refractivity contribution is 6.33. The summed E-state index contributed by atoms with van der Waals surface area (Å²) < 4.78 is 0. The van der Waals surface area contributed by atoms with E-state index in [9.17, 15) is 9.90 Å². The first kappa shape index (κ1) is 16.3. The summed E-state index contributed by atoms with van der Waals surface area (Å²) in [5.41, 5.74) is 1.31. The molecule has 3 rings (SSSR count). The van der Waals surface area contributed by atoms with Crippen molar-refractivity contribution in [2.45, 2.75) is 6.10 Å². The first-order valence-electron chi connectivity index (χ1n) is 7.60. The molecule has 3 aromatic rings. The zero-order valence-electron chi connectivity index (χ0n) is 12.9. The maximum absolute atomic E-state index is 12.0. The monoisotopic (exact) mass is 340 g/mol. The van der Waals surface area contributed by atoms with Crippen molar-refractivity contribution < 1.29 is 9.90 Å². The fourth-order valence-electron chi connectivity index (χ4n) is 2.57. The Labute approximate surface area is 145 Å². The minimum atomic E-state index is -0.798. The molecule has 0 radical (unpaired) electrons. The molecule has 0 aromatic heterocycles. The average Bonchev–Trinajstić information content (AvgIpc) is 2.61. The van der Waals surface area contributed by atoms with Crippen LogP contribution >= 0.6 is 11.6 Å². The van der Waals surface area contributed by atoms with Gasteiger partial charge in [0.05, 0.1) is 16.8 Å². The van der Waals surface area contributed by atoms with Gasteiger partial charge in [-0.3, -0.25) is 0 Å². The smallest absolute Gasteiger partial charge is 0.319 e. The highest BCUT2D eigenvalue weighted by Crippen LogP contribution is 2.24. The number of anilines is 1. The van der Waals surface area contributed by atoms with E-state index in [4.69, 9.17) is 11.6 Å². The number of aliphatic hydroxyl groups excluding tert-OH is 1. The molecule has 4 nitrogen and oxygen atoms in total. The van der Waals surface area contributed by atoms with E-state index < -0.39 is 12.1 Å². The molecule has 3 aromatic carbocycles. The maximum atomic E-state index is 12.0. The third kappa shape index (κ3) is 3.67. The van der Waals surface area contributed by atoms with E-state index in [2.05, 4.69) is 10.6 Å². The molecular weight excluding hydrogens is 324 g/mol. The van der Waals surface area contributed by atoms with Crippen LogP contribution in [0, 0.1) is 0 Å². The molecule has 1 unspecified atom stereocenters. The fraction of sp³-hybridized carbons (Fsp3) is 0.105. The number of nitrogens with one attached hydrogen (secondary N) is 2. The van der Waals surface area contributed by atoms with Crippen LogP contribution < -0.4 is 10.6 Å². The van der Waals surface area contributed by atoms with Gasteiger partial charge in [-0.2, -0.15) is 0 Å². The molecule has 1 atom stereocenters. The number of urea groups is 1. The van der Waals surface area contributed by atoms with Gasteiger partial charge in [0.25, 0.3) is 0 Å². The molecule has 0 spiro atoms. The second kappa shape index (κ2) is 7.34. The van der Waals surface area contributed by atoms with Gasteiger partial charge >= 0.3 is 6.03 Å². The summed E-state index contributed by atoms with van der Waals surface area (Å²) in [5, 5.41) is 18.2. The van der Waals surface area contributed by atoms with E-state index in [0.717, 1.165) is 16.3 Å². The lowest BCUT2D eigenvalue weighted by Crippen LogP contribution is -2.32. The maximum Gasteiger partial charge on any atom is 0.319 e. The van der Waals surface area contributed by atoms with Crippen LogP contribution in [0.2, 0.25) is 5.02 Å². The second-order valence-electron chi connectivity index (χ2n) is 5.40. The summed E-state index contributed by atoms with van der Waals surface area (Å²) in [4.78, 5) is 12.0. The van der Waals surface area contributed by atoms with Gasteiger partial charge in [-0.05, 0) is 28.5 Å². The summed E-state index contributed by atoms with van der Waals surface area (Å²) in [6.45, 7) is 0.101. The number of amides is 2. The van der Waals surface area contributed by atoms with Gasteiger partial charge in [0.1, 0.15) is 0 Å². The number of aliphatic hydroxyl groups is 1. The zero-order valence-corrected chi connectivity index (χ0v) is 13.6. The highest BCUT2D eigenvalue weighted by Gasteiger charge is 2.13. The van der Waals surface area contributed by atoms with Crippen molar-refractivity contribution in [3.8, 4) is 0 Å². The van der Waals surface area contributed by atoms with Gasteiger partial charge in [0, 0.05) is 6.54 Å². The Bertz CT molecular complexity index is 861. The molecule has 0 aliphatic carbocycles. The lowest BCUT2D eigenvalue weighted by molar-refractivity contribution is 0.176. The van der Waals surface area contributed by atoms with Crippen molar-refractivity contribution in [2.24, 2.45) is 0 Å². The van der Waals surface area contributed by atoms with E-state index in [0.29, 0.717) is 10.7 Å². The van der Waals surface area contributed by atoms with Crippen molar-refractivity contribution >= 4 is 34.1 Å². The van der Waals surface area contributed by atoms with E-state index in [1.165, 1.54) is 0 Å². The number of hydrogen-bond acceptors (Lipinski definition) is 2. The third-order valence-electron chi connectivity index (χ3n) is 3.76. The summed E-state index contributed by atoms with van der Waals surface area (Å²) in [7, 11) is 0. The predicted molar refractivity (Wildman–Crippen MR) is 97.4 cm³/mol. The number of para-hydroxylation sites is 1. The molecule has 24 heavy (non-hydrogen) atoms. The van der Waals surface area contributed by atoms with Gasteiger partial charge in [0.2, 0.25) is 0 Å². The fourth-order valence-corrected chi connectivity index (χ4v) is 2.75. The van der Waals surface area contributed by atoms with Crippen molar-refractivity contribution in [1.82, 2.24) is 5.32 Å². The molecule has 0 fully saturated rings. The Balaban J connectivity index is 1.65. The lowest BCUT2D eigenvalue weighted by atomic mass is 10.0. The quantitative estimate of drug-likeness (QED) is 0.661. The van der Waals surface area contributed by atoms with Gasteiger partial charge in [-0.15, -0.1) is 0 Å². The Kier molecular flexibility index (Phi) is 4.99. The molecule has 0 bridgehead atoms. The van der Waals surface area contributed by atoms with Gasteiger partial charge in [-0.25, -0.2) is 4.79 Å². The normalized spacial score (nSPS) is 11.9. The van der Waals surface area contributed by atoms with E-state index >= 15 is 0 Å². The van der Waals surface area contributed by atoms with Crippen LogP contribution in [-0.4, -0.2) is 17.7 Å². The third-order valence-corrected chi connectivity index (χ3v) is 4.09. The van der Waals surface area contributed by atoms with Crippen LogP contribution in [0.25, 0.3) is 10.8 Å². The number of hydrogen-bond donors (Lipinski definition) is 3. The predicted octanol–water partition coefficient (Wildman–Crippen LogP) is 4.35. The van der Waals surface area contributed by atoms with Gasteiger partial charge in [-0.1, -0.05) is 66.2 Å². The molecule has 5 heteroatoms. The number of rotatable bonds is 4. The summed E-state index contributed by atoms with van der Waals surface area (Å²) in [5.74, 6) is 0. The molecule has 0 aliphatic rings. The van der Waals surface area contributed by atoms with Gasteiger partial charge in [0.15, 0.2) is 0 Å². The molecule has 122 valence electrons. The number of fused-ring (bicyclic) bond motifs is 1.